The van der Waals surface area contributed by atoms with Crippen molar-refractivity contribution in [1.29, 1.82) is 0 Å². The number of nitrogens with one attached hydrogen (secondary N) is 1. The molecule has 2 aliphatic rings. The zero-order valence-electron chi connectivity index (χ0n) is 20.2. The largest absolute Gasteiger partial charge is 1.00 e. The second kappa shape index (κ2) is 14.1. The third-order valence-electron chi connectivity index (χ3n) is 6.69. The highest BCUT2D eigenvalue weighted by Crippen LogP contribution is 2.32. The van der Waals surface area contributed by atoms with Gasteiger partial charge in [-0.1, -0.05) is 31.9 Å². The molecule has 1 atom stereocenters. The number of piperidine rings is 1. The van der Waals surface area contributed by atoms with Crippen LogP contribution in [-0.2, 0) is 6.42 Å². The average molecular weight is 530 g/mol. The van der Waals surface area contributed by atoms with Crippen LogP contribution >= 0.6 is 0 Å². The number of halogens is 4. The van der Waals surface area contributed by atoms with Crippen LogP contribution < -0.4 is 39.6 Å². The summed E-state index contributed by atoms with van der Waals surface area (Å²) in [4.78, 5) is 0. The van der Waals surface area contributed by atoms with Gasteiger partial charge in [0.1, 0.15) is 5.75 Å². The van der Waals surface area contributed by atoms with Crippen molar-refractivity contribution in [3.05, 3.63) is 36.0 Å². The zero-order chi connectivity index (χ0) is 23.1. The summed E-state index contributed by atoms with van der Waals surface area (Å²) in [7, 11) is 0. The van der Waals surface area contributed by atoms with Crippen LogP contribution in [0.1, 0.15) is 64.0 Å². The lowest BCUT2D eigenvalue weighted by Gasteiger charge is -2.31. The Morgan fingerprint density at radius 2 is 1.80 bits per heavy atom. The lowest BCUT2D eigenvalue weighted by molar-refractivity contribution is -0.0909. The Labute approximate surface area is 219 Å². The predicted molar refractivity (Wildman–Crippen MR) is 125 cm³/mol. The Morgan fingerprint density at radius 3 is 2.49 bits per heavy atom. The maximum atomic E-state index is 14.2. The molecule has 0 bridgehead atoms. The molecule has 1 aromatic heterocycles. The third-order valence-corrected chi connectivity index (χ3v) is 6.69. The summed E-state index contributed by atoms with van der Waals surface area (Å²) < 4.78 is 40.2. The molecule has 1 N–H and O–H groups in total. The number of aryl methyl sites for hydroxylation is 1. The van der Waals surface area contributed by atoms with Gasteiger partial charge in [0.15, 0.2) is 0 Å². The van der Waals surface area contributed by atoms with Crippen LogP contribution in [0.25, 0.3) is 11.1 Å². The van der Waals surface area contributed by atoms with E-state index in [2.05, 4.69) is 22.4 Å². The van der Waals surface area contributed by atoms with Gasteiger partial charge in [-0.3, -0.25) is 0 Å². The fraction of sp³-hybridized carbons (Fsp3) is 0.615. The first-order chi connectivity index (χ1) is 16.0. The second-order valence-corrected chi connectivity index (χ2v) is 9.27. The molecule has 1 aliphatic carbocycles. The molecule has 1 saturated carbocycles. The minimum atomic E-state index is -2.73. The van der Waals surface area contributed by atoms with Crippen molar-refractivity contribution in [3.8, 4) is 22.8 Å². The molecule has 0 spiro atoms. The van der Waals surface area contributed by atoms with E-state index in [0.717, 1.165) is 54.7 Å². The fourth-order valence-corrected chi connectivity index (χ4v) is 4.59. The molecule has 1 unspecified atom stereocenters. The SMILES string of the molecule is CCCCc1nnc(OCC2CNCCC2(F)F)cc1-c1ccc(OC2CCCCC2)cc1.[Cl-].[Cl-]. The highest BCUT2D eigenvalue weighted by Gasteiger charge is 2.41. The van der Waals surface area contributed by atoms with Crippen LogP contribution in [0.5, 0.6) is 11.6 Å². The van der Waals surface area contributed by atoms with Gasteiger partial charge in [-0.15, -0.1) is 5.10 Å². The van der Waals surface area contributed by atoms with Crippen molar-refractivity contribution in [3.63, 3.8) is 0 Å². The standard InChI is InChI=1S/C26H35F2N3O2.2ClH/c1-2-3-9-24-23(19-10-12-22(13-11-19)33-21-7-5-4-6-8-21)16-25(31-30-24)32-18-20-17-29-15-14-26(20,27)28;;/h10-13,16,20-21,29H,2-9,14-15,17-18H2,1H3;2*1H/p-2. The quantitative estimate of drug-likeness (QED) is 0.488. The summed E-state index contributed by atoms with van der Waals surface area (Å²) in [5, 5.41) is 11.6. The van der Waals surface area contributed by atoms with Crippen molar-refractivity contribution in [2.45, 2.75) is 76.7 Å². The predicted octanol–water partition coefficient (Wildman–Crippen LogP) is -0.171. The van der Waals surface area contributed by atoms with Gasteiger partial charge in [-0.25, -0.2) is 8.78 Å². The van der Waals surface area contributed by atoms with E-state index in [1.54, 1.807) is 0 Å². The molecule has 9 heteroatoms. The lowest BCUT2D eigenvalue weighted by Crippen LogP contribution is -3.00. The molecule has 1 aliphatic heterocycles. The van der Waals surface area contributed by atoms with Crippen LogP contribution in [0.15, 0.2) is 30.3 Å². The average Bonchev–Trinajstić information content (AvgIpc) is 2.83. The molecule has 5 nitrogen and oxygen atoms in total. The van der Waals surface area contributed by atoms with E-state index >= 15 is 0 Å². The summed E-state index contributed by atoms with van der Waals surface area (Å²) in [6.45, 7) is 2.63. The first-order valence-corrected chi connectivity index (χ1v) is 12.4. The molecule has 1 aromatic carbocycles. The van der Waals surface area contributed by atoms with Gasteiger partial charge in [0.05, 0.1) is 24.3 Å². The second-order valence-electron chi connectivity index (χ2n) is 9.27. The Morgan fingerprint density at radius 1 is 1.06 bits per heavy atom. The molecule has 1 saturated heterocycles. The lowest BCUT2D eigenvalue weighted by atomic mass is 9.96. The van der Waals surface area contributed by atoms with Gasteiger partial charge < -0.3 is 39.6 Å². The van der Waals surface area contributed by atoms with E-state index in [0.29, 0.717) is 12.6 Å². The first kappa shape index (κ1) is 29.5. The Hall–Kier alpha value is -1.70. The fourth-order valence-electron chi connectivity index (χ4n) is 4.59. The van der Waals surface area contributed by atoms with Crippen LogP contribution in [0, 0.1) is 5.92 Å². The van der Waals surface area contributed by atoms with Crippen molar-refractivity contribution in [2.24, 2.45) is 5.92 Å². The smallest absolute Gasteiger partial charge is 0.256 e. The van der Waals surface area contributed by atoms with E-state index in [9.17, 15) is 8.78 Å². The van der Waals surface area contributed by atoms with Crippen LogP contribution in [-0.4, -0.2) is 41.9 Å². The molecular weight excluding hydrogens is 495 g/mol. The number of hydrogen-bond acceptors (Lipinski definition) is 5. The Kier molecular flexibility index (Phi) is 11.9. The normalized spacial score (nSPS) is 19.8. The number of nitrogens with zero attached hydrogens (tertiary/aromatic N) is 2. The van der Waals surface area contributed by atoms with Crippen molar-refractivity contribution < 1.29 is 43.1 Å². The number of rotatable bonds is 9. The Bertz CT molecular complexity index is 897. The molecule has 4 rings (SSSR count). The van der Waals surface area contributed by atoms with Gasteiger partial charge in [0.25, 0.3) is 5.92 Å². The number of unbranched alkanes of at least 4 members (excludes halogenated alkanes) is 1. The van der Waals surface area contributed by atoms with Crippen molar-refractivity contribution >= 4 is 0 Å². The number of aromatic nitrogens is 2. The molecule has 2 fully saturated rings. The number of alkyl halides is 2. The Balaban J connectivity index is 0.00000216. The summed E-state index contributed by atoms with van der Waals surface area (Å²) in [6.07, 6.45) is 9.01. The highest BCUT2D eigenvalue weighted by atomic mass is 35.5. The highest BCUT2D eigenvalue weighted by molar-refractivity contribution is 5.67. The molecule has 2 aromatic rings. The van der Waals surface area contributed by atoms with E-state index < -0.39 is 11.8 Å². The minimum absolute atomic E-state index is 0. The van der Waals surface area contributed by atoms with Crippen molar-refractivity contribution in [2.75, 3.05) is 19.7 Å². The first-order valence-electron chi connectivity index (χ1n) is 12.4. The van der Waals surface area contributed by atoms with Crippen LogP contribution in [0.2, 0.25) is 0 Å². The van der Waals surface area contributed by atoms with Gasteiger partial charge in [0.2, 0.25) is 5.88 Å². The van der Waals surface area contributed by atoms with Gasteiger partial charge in [-0.2, -0.15) is 5.10 Å². The van der Waals surface area contributed by atoms with Crippen LogP contribution in [0.3, 0.4) is 0 Å². The monoisotopic (exact) mass is 529 g/mol. The number of benzene rings is 1. The van der Waals surface area contributed by atoms with E-state index in [1.165, 1.54) is 19.3 Å². The topological polar surface area (TPSA) is 56.3 Å². The van der Waals surface area contributed by atoms with Gasteiger partial charge in [-0.05, 0) is 56.2 Å². The van der Waals surface area contributed by atoms with Gasteiger partial charge >= 0.3 is 0 Å². The maximum Gasteiger partial charge on any atom is 0.256 e. The molecule has 35 heavy (non-hydrogen) atoms. The zero-order valence-corrected chi connectivity index (χ0v) is 21.8. The molecule has 196 valence electrons. The van der Waals surface area contributed by atoms with Crippen LogP contribution in [0.4, 0.5) is 8.78 Å². The maximum absolute atomic E-state index is 14.2. The number of ether oxygens (including phenoxy) is 2. The summed E-state index contributed by atoms with van der Waals surface area (Å²) in [6, 6.07) is 9.91. The molecule has 2 heterocycles. The van der Waals surface area contributed by atoms with E-state index in [4.69, 9.17) is 9.47 Å². The molecule has 0 radical (unpaired) electrons. The minimum Gasteiger partial charge on any atom is -1.00 e. The summed E-state index contributed by atoms with van der Waals surface area (Å²) in [5.74, 6) is -2.43. The third kappa shape index (κ3) is 8.16. The molecule has 0 amide bonds. The summed E-state index contributed by atoms with van der Waals surface area (Å²) >= 11 is 0. The summed E-state index contributed by atoms with van der Waals surface area (Å²) in [5.41, 5.74) is 2.84. The molecular formula is C26H35Cl2F2N3O2-2. The van der Waals surface area contributed by atoms with Crippen molar-refractivity contribution in [1.82, 2.24) is 15.5 Å². The number of hydrogen-bond donors (Lipinski definition) is 1. The van der Waals surface area contributed by atoms with Gasteiger partial charge in [0, 0.05) is 31.1 Å². The van der Waals surface area contributed by atoms with E-state index in [-0.39, 0.29) is 50.3 Å². The van der Waals surface area contributed by atoms with E-state index in [1.807, 2.05) is 30.3 Å².